The summed E-state index contributed by atoms with van der Waals surface area (Å²) in [5, 5.41) is 2.10. The largest absolute Gasteiger partial charge is 0.271 e. The van der Waals surface area contributed by atoms with Crippen molar-refractivity contribution in [1.82, 2.24) is 5.43 Å². The SMILES string of the molecule is NNC(CSc1ccccc1)Cc1cccs1. The highest BCUT2D eigenvalue weighted by atomic mass is 32.2. The fourth-order valence-corrected chi connectivity index (χ4v) is 3.29. The maximum atomic E-state index is 5.59. The van der Waals surface area contributed by atoms with E-state index in [0.717, 1.165) is 12.2 Å². The van der Waals surface area contributed by atoms with Crippen LogP contribution in [-0.4, -0.2) is 11.8 Å². The molecule has 17 heavy (non-hydrogen) atoms. The van der Waals surface area contributed by atoms with Crippen molar-refractivity contribution in [1.29, 1.82) is 0 Å². The lowest BCUT2D eigenvalue weighted by Gasteiger charge is -2.14. The zero-order chi connectivity index (χ0) is 11.9. The molecule has 1 unspecified atom stereocenters. The minimum atomic E-state index is 0.318. The van der Waals surface area contributed by atoms with E-state index >= 15 is 0 Å². The molecule has 0 aliphatic rings. The summed E-state index contributed by atoms with van der Waals surface area (Å²) in [6.45, 7) is 0. The summed E-state index contributed by atoms with van der Waals surface area (Å²) in [5.41, 5.74) is 2.90. The van der Waals surface area contributed by atoms with Gasteiger partial charge in [-0.25, -0.2) is 0 Å². The summed E-state index contributed by atoms with van der Waals surface area (Å²) >= 11 is 3.62. The summed E-state index contributed by atoms with van der Waals surface area (Å²) in [6.07, 6.45) is 0.994. The van der Waals surface area contributed by atoms with Crippen molar-refractivity contribution >= 4 is 23.1 Å². The van der Waals surface area contributed by atoms with Gasteiger partial charge in [0.25, 0.3) is 0 Å². The minimum Gasteiger partial charge on any atom is -0.271 e. The van der Waals surface area contributed by atoms with Crippen LogP contribution in [0.5, 0.6) is 0 Å². The van der Waals surface area contributed by atoms with Gasteiger partial charge in [-0.1, -0.05) is 24.3 Å². The Balaban J connectivity index is 1.84. The van der Waals surface area contributed by atoms with E-state index < -0.39 is 0 Å². The van der Waals surface area contributed by atoms with Crippen molar-refractivity contribution in [3.05, 3.63) is 52.7 Å². The molecule has 4 heteroatoms. The van der Waals surface area contributed by atoms with Crippen molar-refractivity contribution < 1.29 is 0 Å². The van der Waals surface area contributed by atoms with Crippen LogP contribution >= 0.6 is 23.1 Å². The second-order valence-corrected chi connectivity index (χ2v) is 5.90. The number of nitrogens with two attached hydrogens (primary N) is 1. The van der Waals surface area contributed by atoms with Crippen LogP contribution < -0.4 is 11.3 Å². The number of nitrogens with one attached hydrogen (secondary N) is 1. The van der Waals surface area contributed by atoms with Crippen LogP contribution in [0.2, 0.25) is 0 Å². The molecule has 1 aromatic carbocycles. The Hall–Kier alpha value is -0.810. The number of thioether (sulfide) groups is 1. The molecule has 3 N–H and O–H groups in total. The van der Waals surface area contributed by atoms with E-state index in [0.29, 0.717) is 6.04 Å². The summed E-state index contributed by atoms with van der Waals surface area (Å²) in [7, 11) is 0. The molecule has 0 aliphatic carbocycles. The summed E-state index contributed by atoms with van der Waals surface area (Å²) < 4.78 is 0. The molecule has 0 aliphatic heterocycles. The van der Waals surface area contributed by atoms with Crippen LogP contribution in [-0.2, 0) is 6.42 Å². The first-order valence-electron chi connectivity index (χ1n) is 5.55. The molecule has 0 amide bonds. The van der Waals surface area contributed by atoms with Crippen LogP contribution in [0.1, 0.15) is 4.88 Å². The number of thiophene rings is 1. The number of hydrazine groups is 1. The zero-order valence-electron chi connectivity index (χ0n) is 9.50. The topological polar surface area (TPSA) is 38.0 Å². The molecule has 1 atom stereocenters. The molecule has 0 fully saturated rings. The maximum Gasteiger partial charge on any atom is 0.0352 e. The van der Waals surface area contributed by atoms with Gasteiger partial charge in [0.1, 0.15) is 0 Å². The molecule has 0 saturated heterocycles. The molecule has 0 saturated carbocycles. The Morgan fingerprint density at radius 3 is 2.65 bits per heavy atom. The first-order valence-corrected chi connectivity index (χ1v) is 7.41. The van der Waals surface area contributed by atoms with Crippen molar-refractivity contribution in [2.24, 2.45) is 5.84 Å². The Labute approximate surface area is 110 Å². The lowest BCUT2D eigenvalue weighted by molar-refractivity contribution is 0.579. The van der Waals surface area contributed by atoms with Crippen LogP contribution in [0.4, 0.5) is 0 Å². The van der Waals surface area contributed by atoms with E-state index in [2.05, 4.69) is 47.2 Å². The van der Waals surface area contributed by atoms with E-state index in [1.54, 1.807) is 11.3 Å². The van der Waals surface area contributed by atoms with Gasteiger partial charge in [-0.05, 0) is 30.0 Å². The van der Waals surface area contributed by atoms with Crippen molar-refractivity contribution in [3.63, 3.8) is 0 Å². The molecular formula is C13H16N2S2. The fraction of sp³-hybridized carbons (Fsp3) is 0.231. The second-order valence-electron chi connectivity index (χ2n) is 3.77. The number of benzene rings is 1. The highest BCUT2D eigenvalue weighted by Gasteiger charge is 2.08. The molecule has 1 aromatic heterocycles. The van der Waals surface area contributed by atoms with E-state index in [-0.39, 0.29) is 0 Å². The molecule has 2 rings (SSSR count). The number of hydrogen-bond donors (Lipinski definition) is 2. The first kappa shape index (κ1) is 12.6. The van der Waals surface area contributed by atoms with E-state index in [1.807, 2.05) is 17.8 Å². The molecule has 1 heterocycles. The standard InChI is InChI=1S/C13H16N2S2/c14-15-11(9-13-7-4-8-16-13)10-17-12-5-2-1-3-6-12/h1-8,11,15H,9-10,14H2. The van der Waals surface area contributed by atoms with E-state index in [9.17, 15) is 0 Å². The summed E-state index contributed by atoms with van der Waals surface area (Å²) in [4.78, 5) is 2.67. The third kappa shape index (κ3) is 4.16. The average molecular weight is 264 g/mol. The Morgan fingerprint density at radius 1 is 1.18 bits per heavy atom. The Bertz CT molecular complexity index is 414. The smallest absolute Gasteiger partial charge is 0.0352 e. The normalized spacial score (nSPS) is 12.5. The van der Waals surface area contributed by atoms with Gasteiger partial charge in [-0.15, -0.1) is 23.1 Å². The van der Waals surface area contributed by atoms with Gasteiger partial charge in [0, 0.05) is 21.6 Å². The quantitative estimate of drug-likeness (QED) is 0.478. The Kier molecular flexibility index (Phi) is 5.07. The third-order valence-electron chi connectivity index (χ3n) is 2.46. The average Bonchev–Trinajstić information content (AvgIpc) is 2.88. The molecule has 2 nitrogen and oxygen atoms in total. The van der Waals surface area contributed by atoms with Crippen molar-refractivity contribution in [2.75, 3.05) is 5.75 Å². The highest BCUT2D eigenvalue weighted by molar-refractivity contribution is 7.99. The second kappa shape index (κ2) is 6.81. The van der Waals surface area contributed by atoms with Gasteiger partial charge in [0.05, 0.1) is 0 Å². The van der Waals surface area contributed by atoms with E-state index in [4.69, 9.17) is 5.84 Å². The van der Waals surface area contributed by atoms with Gasteiger partial charge in [0.2, 0.25) is 0 Å². The summed E-state index contributed by atoms with van der Waals surface area (Å²) in [6, 6.07) is 15.0. The molecule has 0 spiro atoms. The summed E-state index contributed by atoms with van der Waals surface area (Å²) in [5.74, 6) is 6.58. The highest BCUT2D eigenvalue weighted by Crippen LogP contribution is 2.20. The molecular weight excluding hydrogens is 248 g/mol. The lowest BCUT2D eigenvalue weighted by Crippen LogP contribution is -2.38. The lowest BCUT2D eigenvalue weighted by atomic mass is 10.2. The molecule has 0 bridgehead atoms. The maximum absolute atomic E-state index is 5.59. The van der Waals surface area contributed by atoms with Crippen molar-refractivity contribution in [3.8, 4) is 0 Å². The van der Waals surface area contributed by atoms with Gasteiger partial charge < -0.3 is 0 Å². The zero-order valence-corrected chi connectivity index (χ0v) is 11.1. The van der Waals surface area contributed by atoms with Crippen LogP contribution in [0.3, 0.4) is 0 Å². The molecule has 0 radical (unpaired) electrons. The van der Waals surface area contributed by atoms with E-state index in [1.165, 1.54) is 9.77 Å². The predicted molar refractivity (Wildman–Crippen MR) is 76.3 cm³/mol. The monoisotopic (exact) mass is 264 g/mol. The predicted octanol–water partition coefficient (Wildman–Crippen LogP) is 2.91. The molecule has 2 aromatic rings. The number of rotatable bonds is 6. The van der Waals surface area contributed by atoms with Gasteiger partial charge >= 0.3 is 0 Å². The van der Waals surface area contributed by atoms with Gasteiger partial charge in [0.15, 0.2) is 0 Å². The number of hydrogen-bond acceptors (Lipinski definition) is 4. The van der Waals surface area contributed by atoms with Crippen LogP contribution in [0.25, 0.3) is 0 Å². The van der Waals surface area contributed by atoms with Crippen LogP contribution in [0, 0.1) is 0 Å². The fourth-order valence-electron chi connectivity index (χ4n) is 1.55. The Morgan fingerprint density at radius 2 is 2.00 bits per heavy atom. The van der Waals surface area contributed by atoms with Crippen molar-refractivity contribution in [2.45, 2.75) is 17.4 Å². The van der Waals surface area contributed by atoms with Crippen LogP contribution in [0.15, 0.2) is 52.7 Å². The van der Waals surface area contributed by atoms with Gasteiger partial charge in [-0.2, -0.15) is 0 Å². The van der Waals surface area contributed by atoms with Gasteiger partial charge in [-0.3, -0.25) is 11.3 Å². The minimum absolute atomic E-state index is 0.318. The molecule has 90 valence electrons. The first-order chi connectivity index (χ1) is 8.38. The third-order valence-corrected chi connectivity index (χ3v) is 4.53.